The molecule has 0 radical (unpaired) electrons. The first kappa shape index (κ1) is 74.0. The van der Waals surface area contributed by atoms with Crippen LogP contribution in [0.3, 0.4) is 0 Å². The van der Waals surface area contributed by atoms with Crippen molar-refractivity contribution in [3.05, 3.63) is 158 Å². The molecule has 0 spiro atoms. The maximum atomic E-state index is 12.8. The van der Waals surface area contributed by atoms with Gasteiger partial charge in [-0.1, -0.05) is 275 Å². The summed E-state index contributed by atoms with van der Waals surface area (Å²) >= 11 is 0. The van der Waals surface area contributed by atoms with Crippen LogP contribution in [0.2, 0.25) is 0 Å². The first-order valence-corrected chi connectivity index (χ1v) is 32.0. The molecule has 0 bridgehead atoms. The Hall–Kier alpha value is -4.97. The maximum Gasteiger partial charge on any atom is 0.306 e. The highest BCUT2D eigenvalue weighted by Gasteiger charge is 2.19. The van der Waals surface area contributed by atoms with Crippen LogP contribution in [0.25, 0.3) is 0 Å². The Kier molecular flexibility index (Phi) is 61.4. The minimum absolute atomic E-state index is 0.0919. The molecule has 6 nitrogen and oxygen atoms in total. The molecule has 0 aliphatic rings. The zero-order chi connectivity index (χ0) is 57.1. The summed E-state index contributed by atoms with van der Waals surface area (Å²) in [5.41, 5.74) is 0. The lowest BCUT2D eigenvalue weighted by Gasteiger charge is -2.18. The third-order valence-electron chi connectivity index (χ3n) is 13.0. The van der Waals surface area contributed by atoms with Gasteiger partial charge in [0.1, 0.15) is 13.2 Å². The zero-order valence-electron chi connectivity index (χ0n) is 50.8. The number of esters is 3. The quantitative estimate of drug-likeness (QED) is 0.0261. The van der Waals surface area contributed by atoms with Gasteiger partial charge >= 0.3 is 17.9 Å². The van der Waals surface area contributed by atoms with Gasteiger partial charge in [0.15, 0.2) is 6.10 Å². The van der Waals surface area contributed by atoms with Crippen LogP contribution < -0.4 is 0 Å². The van der Waals surface area contributed by atoms with Crippen LogP contribution >= 0.6 is 0 Å². The average Bonchev–Trinajstić information content (AvgIpc) is 3.45. The highest BCUT2D eigenvalue weighted by atomic mass is 16.6. The standard InChI is InChI=1S/C73H116O6/c1-4-7-10-13-15-17-19-21-23-25-27-29-31-33-34-35-36-37-38-40-41-43-45-47-49-51-53-55-57-60-63-66-72(75)78-69-70(68-77-71(74)65-62-59-12-9-6-3)79-73(76)67-64-61-58-56-54-52-50-48-46-44-42-39-32-30-28-26-24-22-20-18-16-14-11-8-5-2/h7-8,10-11,15-18,21-24,27-30,33-34,36-37,39-42,46,48,70H,4-6,9,12-14,19-20,25-26,31-32,35,38,43-45,47,49-69H2,1-3H3/b10-7-,11-8-,17-15-,18-16-,23-21-,24-22-,29-27-,30-28-,34-33-,37-36-,41-40-,42-39-,48-46-. The number of ether oxygens (including phenoxy) is 3. The van der Waals surface area contributed by atoms with E-state index < -0.39 is 6.10 Å². The predicted octanol–water partition coefficient (Wildman–Crippen LogP) is 22.1. The summed E-state index contributed by atoms with van der Waals surface area (Å²) in [5.74, 6) is -0.931. The summed E-state index contributed by atoms with van der Waals surface area (Å²) in [4.78, 5) is 37.9. The van der Waals surface area contributed by atoms with Crippen molar-refractivity contribution < 1.29 is 28.6 Å². The third-order valence-corrected chi connectivity index (χ3v) is 13.0. The second-order valence-electron chi connectivity index (χ2n) is 20.6. The first-order chi connectivity index (χ1) is 39.0. The van der Waals surface area contributed by atoms with E-state index >= 15 is 0 Å². The van der Waals surface area contributed by atoms with Gasteiger partial charge in [0.2, 0.25) is 0 Å². The van der Waals surface area contributed by atoms with Crippen molar-refractivity contribution in [3.8, 4) is 0 Å². The minimum atomic E-state index is -0.793. The molecule has 0 aromatic carbocycles. The highest BCUT2D eigenvalue weighted by Crippen LogP contribution is 2.14. The molecule has 0 N–H and O–H groups in total. The Morgan fingerprint density at radius 3 is 0.772 bits per heavy atom. The van der Waals surface area contributed by atoms with Gasteiger partial charge in [0.05, 0.1) is 0 Å². The molecule has 0 aliphatic heterocycles. The largest absolute Gasteiger partial charge is 0.462 e. The summed E-state index contributed by atoms with van der Waals surface area (Å²) < 4.78 is 16.8. The van der Waals surface area contributed by atoms with Gasteiger partial charge in [0.25, 0.3) is 0 Å². The van der Waals surface area contributed by atoms with Crippen molar-refractivity contribution in [2.24, 2.45) is 0 Å². The van der Waals surface area contributed by atoms with Gasteiger partial charge in [-0.15, -0.1) is 0 Å². The molecule has 0 rings (SSSR count). The van der Waals surface area contributed by atoms with Crippen LogP contribution in [0.1, 0.15) is 265 Å². The van der Waals surface area contributed by atoms with Gasteiger partial charge in [-0.25, -0.2) is 0 Å². The molecule has 1 unspecified atom stereocenters. The second-order valence-corrected chi connectivity index (χ2v) is 20.6. The number of hydrogen-bond donors (Lipinski definition) is 0. The van der Waals surface area contributed by atoms with E-state index in [4.69, 9.17) is 14.2 Å². The topological polar surface area (TPSA) is 78.9 Å². The predicted molar refractivity (Wildman–Crippen MR) is 343 cm³/mol. The van der Waals surface area contributed by atoms with E-state index in [1.54, 1.807) is 0 Å². The molecular weight excluding hydrogens is 973 g/mol. The molecule has 0 fully saturated rings. The van der Waals surface area contributed by atoms with Crippen LogP contribution in [0.5, 0.6) is 0 Å². The van der Waals surface area contributed by atoms with Gasteiger partial charge in [-0.2, -0.15) is 0 Å². The Labute approximate surface area is 486 Å². The van der Waals surface area contributed by atoms with Gasteiger partial charge in [-0.3, -0.25) is 14.4 Å². The Balaban J connectivity index is 4.13. The molecule has 0 heterocycles. The fourth-order valence-corrected chi connectivity index (χ4v) is 8.31. The number of unbranched alkanes of at least 4 members (excludes halogenated alkanes) is 19. The van der Waals surface area contributed by atoms with Crippen LogP contribution in [0.15, 0.2) is 158 Å². The third kappa shape index (κ3) is 63.7. The van der Waals surface area contributed by atoms with Crippen molar-refractivity contribution in [1.82, 2.24) is 0 Å². The summed E-state index contributed by atoms with van der Waals surface area (Å²) in [7, 11) is 0. The minimum Gasteiger partial charge on any atom is -0.462 e. The van der Waals surface area contributed by atoms with Gasteiger partial charge in [-0.05, 0) is 128 Å². The van der Waals surface area contributed by atoms with Crippen molar-refractivity contribution >= 4 is 17.9 Å². The first-order valence-electron chi connectivity index (χ1n) is 32.0. The van der Waals surface area contributed by atoms with Crippen molar-refractivity contribution in [1.29, 1.82) is 0 Å². The molecule has 0 aromatic heterocycles. The van der Waals surface area contributed by atoms with E-state index in [0.717, 1.165) is 173 Å². The van der Waals surface area contributed by atoms with E-state index in [1.807, 2.05) is 0 Å². The van der Waals surface area contributed by atoms with Crippen LogP contribution in [-0.2, 0) is 28.6 Å². The van der Waals surface area contributed by atoms with Gasteiger partial charge in [0, 0.05) is 19.3 Å². The van der Waals surface area contributed by atoms with Crippen LogP contribution in [0.4, 0.5) is 0 Å². The molecule has 0 amide bonds. The molecule has 444 valence electrons. The van der Waals surface area contributed by atoms with Crippen molar-refractivity contribution in [2.45, 2.75) is 271 Å². The normalized spacial score (nSPS) is 13.2. The van der Waals surface area contributed by atoms with Gasteiger partial charge < -0.3 is 14.2 Å². The summed E-state index contributed by atoms with van der Waals surface area (Å²) in [6, 6.07) is 0. The number of carbonyl (C=O) groups excluding carboxylic acids is 3. The molecule has 6 heteroatoms. The highest BCUT2D eigenvalue weighted by molar-refractivity contribution is 5.71. The molecule has 0 aromatic rings. The lowest BCUT2D eigenvalue weighted by molar-refractivity contribution is -0.167. The maximum absolute atomic E-state index is 12.8. The van der Waals surface area contributed by atoms with E-state index in [0.29, 0.717) is 19.3 Å². The van der Waals surface area contributed by atoms with E-state index in [-0.39, 0.29) is 31.1 Å². The SMILES string of the molecule is CC/C=C\C/C=C\C/C=C\C/C=C\C/C=C\C/C=C\C/C=C\CCCCCCCCCCCC(=O)OCC(COC(=O)CCCCCCC)OC(=O)CCCCCCCC/C=C\C/C=C\C/C=C\C/C=C\C/C=C\C/C=C\CC. The number of rotatable bonds is 56. The summed E-state index contributed by atoms with van der Waals surface area (Å²) in [5, 5.41) is 0. The number of allylic oxidation sites excluding steroid dienone is 26. The van der Waals surface area contributed by atoms with E-state index in [9.17, 15) is 14.4 Å². The molecule has 1 atom stereocenters. The zero-order valence-corrected chi connectivity index (χ0v) is 50.8. The number of carbonyl (C=O) groups is 3. The van der Waals surface area contributed by atoms with E-state index in [1.165, 1.54) is 51.4 Å². The average molecular weight is 1090 g/mol. The second kappa shape index (κ2) is 65.5. The van der Waals surface area contributed by atoms with Crippen LogP contribution in [0, 0.1) is 0 Å². The molecular formula is C73H116O6. The summed E-state index contributed by atoms with van der Waals surface area (Å²) in [6.07, 6.45) is 95.8. The summed E-state index contributed by atoms with van der Waals surface area (Å²) in [6.45, 7) is 6.30. The fraction of sp³-hybridized carbons (Fsp3) is 0.603. The molecule has 0 saturated heterocycles. The number of hydrogen-bond acceptors (Lipinski definition) is 6. The van der Waals surface area contributed by atoms with Crippen molar-refractivity contribution in [3.63, 3.8) is 0 Å². The van der Waals surface area contributed by atoms with Crippen LogP contribution in [-0.4, -0.2) is 37.2 Å². The monoisotopic (exact) mass is 1090 g/mol. The van der Waals surface area contributed by atoms with E-state index in [2.05, 4.69) is 179 Å². The lowest BCUT2D eigenvalue weighted by Crippen LogP contribution is -2.30. The van der Waals surface area contributed by atoms with Crippen molar-refractivity contribution in [2.75, 3.05) is 13.2 Å². The molecule has 79 heavy (non-hydrogen) atoms. The Bertz CT molecular complexity index is 1780. The lowest BCUT2D eigenvalue weighted by atomic mass is 10.1. The Morgan fingerprint density at radius 1 is 0.266 bits per heavy atom. The fourth-order valence-electron chi connectivity index (χ4n) is 8.31. The molecule has 0 aliphatic carbocycles. The molecule has 0 saturated carbocycles. The smallest absolute Gasteiger partial charge is 0.306 e. The Morgan fingerprint density at radius 2 is 0.494 bits per heavy atom.